The molecule has 1 fully saturated rings. The van der Waals surface area contributed by atoms with E-state index in [1.807, 2.05) is 6.07 Å². The van der Waals surface area contributed by atoms with Crippen LogP contribution in [0.4, 0.5) is 0 Å². The maximum Gasteiger partial charge on any atom is 0.115 e. The van der Waals surface area contributed by atoms with Gasteiger partial charge in [0.1, 0.15) is 5.75 Å². The molecule has 100 valence electrons. The fourth-order valence-corrected chi connectivity index (χ4v) is 2.71. The largest absolute Gasteiger partial charge is 0.508 e. The predicted octanol–water partition coefficient (Wildman–Crippen LogP) is 5.04. The van der Waals surface area contributed by atoms with Crippen LogP contribution in [0.1, 0.15) is 42.7 Å². The van der Waals surface area contributed by atoms with E-state index < -0.39 is 0 Å². The smallest absolute Gasteiger partial charge is 0.115 e. The van der Waals surface area contributed by atoms with Crippen molar-refractivity contribution in [3.05, 3.63) is 65.7 Å². The molecule has 2 aromatic carbocycles. The minimum Gasteiger partial charge on any atom is -0.508 e. The number of phenols is 1. The fourth-order valence-electron chi connectivity index (χ4n) is 2.71. The van der Waals surface area contributed by atoms with Gasteiger partial charge in [-0.15, -0.1) is 0 Å². The molecular formula is C18H22O. The first-order valence-electron chi connectivity index (χ1n) is 7.07. The molecule has 0 amide bonds. The topological polar surface area (TPSA) is 20.2 Å². The van der Waals surface area contributed by atoms with Gasteiger partial charge in [0.25, 0.3) is 0 Å². The number of rotatable bonds is 1. The van der Waals surface area contributed by atoms with Crippen molar-refractivity contribution in [2.75, 3.05) is 0 Å². The normalized spacial score (nSPS) is 14.8. The maximum atomic E-state index is 8.63. The third-order valence-corrected chi connectivity index (χ3v) is 3.74. The summed E-state index contributed by atoms with van der Waals surface area (Å²) in [7, 11) is 0. The highest BCUT2D eigenvalue weighted by atomic mass is 16.3. The number of benzene rings is 2. The zero-order chi connectivity index (χ0) is 13.5. The van der Waals surface area contributed by atoms with E-state index in [-0.39, 0.29) is 0 Å². The molecule has 1 heteroatoms. The number of phenolic OH excluding ortho intramolecular Hbond substituents is 1. The summed E-state index contributed by atoms with van der Waals surface area (Å²) in [5.41, 5.74) is 3.07. The highest BCUT2D eigenvalue weighted by Gasteiger charge is 2.17. The predicted molar refractivity (Wildman–Crippen MR) is 80.5 cm³/mol. The van der Waals surface area contributed by atoms with Crippen molar-refractivity contribution < 1.29 is 5.11 Å². The van der Waals surface area contributed by atoms with Gasteiger partial charge in [0.15, 0.2) is 0 Å². The van der Waals surface area contributed by atoms with Gasteiger partial charge in [0.05, 0.1) is 0 Å². The summed E-state index contributed by atoms with van der Waals surface area (Å²) in [6.07, 6.45) is 5.67. The Morgan fingerprint density at radius 3 is 1.95 bits per heavy atom. The standard InChI is InChI=1S/C12H16.C6H6O/c1-10-6-2-5-9-12(10)11-7-3-4-8-11;7-6-4-2-1-3-5-6/h2,5-6,9,11H,3-4,7-8H2,1H3;1-5,7H. The lowest BCUT2D eigenvalue weighted by Crippen LogP contribution is -1.94. The summed E-state index contributed by atoms with van der Waals surface area (Å²) in [5, 5.41) is 8.63. The van der Waals surface area contributed by atoms with Crippen LogP contribution in [0.5, 0.6) is 5.75 Å². The van der Waals surface area contributed by atoms with Gasteiger partial charge in [-0.1, -0.05) is 55.3 Å². The Bertz CT molecular complexity index is 484. The van der Waals surface area contributed by atoms with Gasteiger partial charge in [-0.05, 0) is 48.9 Å². The van der Waals surface area contributed by atoms with Crippen molar-refractivity contribution >= 4 is 0 Å². The number of hydrogen-bond acceptors (Lipinski definition) is 1. The lowest BCUT2D eigenvalue weighted by atomic mass is 9.94. The number of aryl methyl sites for hydroxylation is 1. The van der Waals surface area contributed by atoms with Crippen LogP contribution in [0.3, 0.4) is 0 Å². The first kappa shape index (κ1) is 13.7. The third-order valence-electron chi connectivity index (χ3n) is 3.74. The molecule has 0 bridgehead atoms. The molecule has 19 heavy (non-hydrogen) atoms. The highest BCUT2D eigenvalue weighted by molar-refractivity contribution is 5.29. The second-order valence-electron chi connectivity index (χ2n) is 5.17. The van der Waals surface area contributed by atoms with Crippen LogP contribution in [0.25, 0.3) is 0 Å². The monoisotopic (exact) mass is 254 g/mol. The van der Waals surface area contributed by atoms with E-state index in [9.17, 15) is 0 Å². The van der Waals surface area contributed by atoms with E-state index in [2.05, 4.69) is 31.2 Å². The zero-order valence-corrected chi connectivity index (χ0v) is 11.5. The average Bonchev–Trinajstić information content (AvgIpc) is 2.95. The first-order valence-corrected chi connectivity index (χ1v) is 7.07. The SMILES string of the molecule is Cc1ccccc1C1CCCC1.Oc1ccccc1. The summed E-state index contributed by atoms with van der Waals surface area (Å²) < 4.78 is 0. The van der Waals surface area contributed by atoms with E-state index in [0.29, 0.717) is 5.75 Å². The molecule has 1 aliphatic carbocycles. The zero-order valence-electron chi connectivity index (χ0n) is 11.5. The Kier molecular flexibility index (Phi) is 5.02. The van der Waals surface area contributed by atoms with Gasteiger partial charge in [0, 0.05) is 0 Å². The van der Waals surface area contributed by atoms with Crippen LogP contribution in [0.2, 0.25) is 0 Å². The molecule has 0 atom stereocenters. The molecule has 0 saturated heterocycles. The average molecular weight is 254 g/mol. The van der Waals surface area contributed by atoms with Crippen LogP contribution < -0.4 is 0 Å². The Hall–Kier alpha value is -1.76. The lowest BCUT2D eigenvalue weighted by molar-refractivity contribution is 0.475. The first-order chi connectivity index (χ1) is 9.27. The van der Waals surface area contributed by atoms with Gasteiger partial charge in [-0.3, -0.25) is 0 Å². The van der Waals surface area contributed by atoms with Crippen molar-refractivity contribution in [2.45, 2.75) is 38.5 Å². The van der Waals surface area contributed by atoms with Crippen LogP contribution in [-0.4, -0.2) is 5.11 Å². The third kappa shape index (κ3) is 4.13. The van der Waals surface area contributed by atoms with E-state index in [1.54, 1.807) is 29.8 Å². The molecule has 1 nitrogen and oxygen atoms in total. The van der Waals surface area contributed by atoms with Crippen LogP contribution >= 0.6 is 0 Å². The van der Waals surface area contributed by atoms with Crippen LogP contribution in [-0.2, 0) is 0 Å². The summed E-state index contributed by atoms with van der Waals surface area (Å²) >= 11 is 0. The van der Waals surface area contributed by atoms with Crippen molar-refractivity contribution in [3.8, 4) is 5.75 Å². The van der Waals surface area contributed by atoms with Crippen molar-refractivity contribution in [3.63, 3.8) is 0 Å². The van der Waals surface area contributed by atoms with Crippen molar-refractivity contribution in [1.82, 2.24) is 0 Å². The van der Waals surface area contributed by atoms with E-state index >= 15 is 0 Å². The Morgan fingerprint density at radius 1 is 0.842 bits per heavy atom. The molecule has 1 aliphatic rings. The molecule has 1 N–H and O–H groups in total. The van der Waals surface area contributed by atoms with Gasteiger partial charge in [-0.25, -0.2) is 0 Å². The van der Waals surface area contributed by atoms with Gasteiger partial charge >= 0.3 is 0 Å². The molecule has 1 saturated carbocycles. The summed E-state index contributed by atoms with van der Waals surface area (Å²) in [6.45, 7) is 2.23. The molecule has 2 aromatic rings. The maximum absolute atomic E-state index is 8.63. The number of para-hydroxylation sites is 1. The minimum atomic E-state index is 0.322. The van der Waals surface area contributed by atoms with E-state index in [0.717, 1.165) is 5.92 Å². The Morgan fingerprint density at radius 2 is 1.42 bits per heavy atom. The van der Waals surface area contributed by atoms with Crippen molar-refractivity contribution in [1.29, 1.82) is 0 Å². The molecule has 0 radical (unpaired) electrons. The second-order valence-corrected chi connectivity index (χ2v) is 5.17. The molecule has 0 spiro atoms. The Labute approximate surface area is 115 Å². The highest BCUT2D eigenvalue weighted by Crippen LogP contribution is 2.35. The summed E-state index contributed by atoms with van der Waals surface area (Å²) in [5.74, 6) is 1.19. The number of aromatic hydroxyl groups is 1. The van der Waals surface area contributed by atoms with Crippen LogP contribution in [0, 0.1) is 6.92 Å². The molecule has 0 aromatic heterocycles. The van der Waals surface area contributed by atoms with E-state index in [4.69, 9.17) is 5.11 Å². The van der Waals surface area contributed by atoms with Gasteiger partial charge < -0.3 is 5.11 Å². The fraction of sp³-hybridized carbons (Fsp3) is 0.333. The minimum absolute atomic E-state index is 0.322. The lowest BCUT2D eigenvalue weighted by Gasteiger charge is -2.11. The van der Waals surface area contributed by atoms with E-state index in [1.165, 1.54) is 31.2 Å². The number of hydrogen-bond donors (Lipinski definition) is 1. The molecule has 0 aliphatic heterocycles. The molecule has 3 rings (SSSR count). The van der Waals surface area contributed by atoms with Gasteiger partial charge in [0.2, 0.25) is 0 Å². The molecule has 0 heterocycles. The Balaban J connectivity index is 0.000000163. The molecular weight excluding hydrogens is 232 g/mol. The van der Waals surface area contributed by atoms with Crippen molar-refractivity contribution in [2.24, 2.45) is 0 Å². The van der Waals surface area contributed by atoms with Gasteiger partial charge in [-0.2, -0.15) is 0 Å². The molecule has 0 unspecified atom stereocenters. The quantitative estimate of drug-likeness (QED) is 0.755. The second kappa shape index (κ2) is 6.98. The summed E-state index contributed by atoms with van der Waals surface area (Å²) in [6, 6.07) is 17.5. The van der Waals surface area contributed by atoms with Crippen LogP contribution in [0.15, 0.2) is 54.6 Å². The summed E-state index contributed by atoms with van der Waals surface area (Å²) in [4.78, 5) is 0.